The molecule has 9 heteroatoms. The molecule has 0 unspecified atom stereocenters. The summed E-state index contributed by atoms with van der Waals surface area (Å²) in [6, 6.07) is 4.36. The van der Waals surface area contributed by atoms with Crippen LogP contribution in [0.5, 0.6) is 6.01 Å². The number of ether oxygens (including phenoxy) is 2. The van der Waals surface area contributed by atoms with Gasteiger partial charge in [0.1, 0.15) is 29.3 Å². The fourth-order valence-electron chi connectivity index (χ4n) is 4.44. The topological polar surface area (TPSA) is 94.8 Å². The fraction of sp³-hybridized carbons (Fsp3) is 0.739. The van der Waals surface area contributed by atoms with Crippen LogP contribution in [-0.4, -0.2) is 82.9 Å². The van der Waals surface area contributed by atoms with E-state index < -0.39 is 5.60 Å². The van der Waals surface area contributed by atoms with Gasteiger partial charge < -0.3 is 19.3 Å². The predicted molar refractivity (Wildman–Crippen MR) is 122 cm³/mol. The molecule has 9 nitrogen and oxygen atoms in total. The van der Waals surface area contributed by atoms with Crippen LogP contribution in [0, 0.1) is 11.3 Å². The van der Waals surface area contributed by atoms with Crippen LogP contribution in [-0.2, 0) is 4.74 Å². The Hall–Kier alpha value is -2.60. The lowest BCUT2D eigenvalue weighted by molar-refractivity contribution is 0.0251. The van der Waals surface area contributed by atoms with Gasteiger partial charge in [0, 0.05) is 37.8 Å². The van der Waals surface area contributed by atoms with E-state index in [2.05, 4.69) is 32.9 Å². The lowest BCUT2D eigenvalue weighted by Crippen LogP contribution is -2.43. The van der Waals surface area contributed by atoms with Crippen LogP contribution < -0.4 is 9.64 Å². The largest absolute Gasteiger partial charge is 0.459 e. The van der Waals surface area contributed by atoms with Gasteiger partial charge >= 0.3 is 12.1 Å². The highest BCUT2D eigenvalue weighted by molar-refractivity contribution is 5.68. The minimum atomic E-state index is -0.531. The van der Waals surface area contributed by atoms with Crippen LogP contribution in [0.15, 0.2) is 6.07 Å². The van der Waals surface area contributed by atoms with E-state index in [1.165, 1.54) is 0 Å². The highest BCUT2D eigenvalue weighted by atomic mass is 16.6. The molecule has 1 amide bonds. The van der Waals surface area contributed by atoms with Crippen molar-refractivity contribution in [3.05, 3.63) is 11.8 Å². The Balaban J connectivity index is 1.75. The average molecular weight is 445 g/mol. The molecule has 2 aliphatic heterocycles. The van der Waals surface area contributed by atoms with Crippen molar-refractivity contribution in [1.82, 2.24) is 19.8 Å². The van der Waals surface area contributed by atoms with E-state index in [1.807, 2.05) is 34.6 Å². The Morgan fingerprint density at radius 2 is 2.00 bits per heavy atom. The number of nitrogens with zero attached hydrogens (tertiary/aromatic N) is 6. The molecule has 0 bridgehead atoms. The third-order valence-electron chi connectivity index (χ3n) is 6.01. The van der Waals surface area contributed by atoms with Crippen molar-refractivity contribution in [2.45, 2.75) is 77.7 Å². The number of likely N-dealkylation sites (tertiary alicyclic amines) is 1. The van der Waals surface area contributed by atoms with E-state index in [1.54, 1.807) is 11.0 Å². The van der Waals surface area contributed by atoms with Gasteiger partial charge in [-0.2, -0.15) is 15.2 Å². The molecule has 0 aromatic carbocycles. The lowest BCUT2D eigenvalue weighted by Gasteiger charge is -2.31. The summed E-state index contributed by atoms with van der Waals surface area (Å²) in [5.41, 5.74) is -0.255. The number of carbonyl (C=O) groups excluding carboxylic acids is 1. The van der Waals surface area contributed by atoms with Gasteiger partial charge in [-0.1, -0.05) is 0 Å². The van der Waals surface area contributed by atoms with Crippen LogP contribution in [0.2, 0.25) is 0 Å². The van der Waals surface area contributed by atoms with Gasteiger partial charge in [0.15, 0.2) is 0 Å². The van der Waals surface area contributed by atoms with Gasteiger partial charge in [-0.05, 0) is 67.5 Å². The van der Waals surface area contributed by atoms with Crippen molar-refractivity contribution in [3.63, 3.8) is 0 Å². The van der Waals surface area contributed by atoms with E-state index in [0.29, 0.717) is 31.5 Å². The number of carbonyl (C=O) groups is 1. The smallest absolute Gasteiger partial charge is 0.410 e. The number of likely N-dealkylation sites (N-methyl/N-ethyl adjacent to an activating group) is 1. The van der Waals surface area contributed by atoms with E-state index in [9.17, 15) is 10.1 Å². The van der Waals surface area contributed by atoms with Crippen LogP contribution in [0.1, 0.15) is 59.6 Å². The highest BCUT2D eigenvalue weighted by Gasteiger charge is 2.31. The summed E-state index contributed by atoms with van der Waals surface area (Å²) in [5, 5.41) is 9.52. The van der Waals surface area contributed by atoms with Gasteiger partial charge in [0.25, 0.3) is 0 Å². The molecule has 3 atom stereocenters. The fourth-order valence-corrected chi connectivity index (χ4v) is 4.44. The summed E-state index contributed by atoms with van der Waals surface area (Å²) in [6.07, 6.45) is 2.62. The Kier molecular flexibility index (Phi) is 7.44. The van der Waals surface area contributed by atoms with Crippen molar-refractivity contribution in [3.8, 4) is 12.1 Å². The Bertz CT molecular complexity index is 849. The molecule has 3 rings (SSSR count). The maximum atomic E-state index is 12.6. The Labute approximate surface area is 191 Å². The summed E-state index contributed by atoms with van der Waals surface area (Å²) in [6.45, 7) is 12.6. The van der Waals surface area contributed by atoms with Gasteiger partial charge in [-0.3, -0.25) is 4.90 Å². The van der Waals surface area contributed by atoms with Crippen molar-refractivity contribution < 1.29 is 14.3 Å². The second-order valence-corrected chi connectivity index (χ2v) is 9.84. The minimum Gasteiger partial charge on any atom is -0.459 e. The Morgan fingerprint density at radius 3 is 2.62 bits per heavy atom. The first-order chi connectivity index (χ1) is 15.1. The van der Waals surface area contributed by atoms with Gasteiger partial charge in [-0.25, -0.2) is 4.79 Å². The van der Waals surface area contributed by atoms with Crippen molar-refractivity contribution in [2.75, 3.05) is 38.1 Å². The number of anilines is 1. The van der Waals surface area contributed by atoms with E-state index >= 15 is 0 Å². The zero-order valence-corrected chi connectivity index (χ0v) is 20.2. The number of hydrogen-bond acceptors (Lipinski definition) is 8. The molecular weight excluding hydrogens is 408 g/mol. The number of hydrogen-bond donors (Lipinski definition) is 0. The monoisotopic (exact) mass is 444 g/mol. The molecule has 1 aromatic rings. The number of aromatic nitrogens is 2. The number of rotatable bonds is 4. The van der Waals surface area contributed by atoms with Gasteiger partial charge in [0.05, 0.1) is 0 Å². The molecular formula is C23H36N6O3. The van der Waals surface area contributed by atoms with Gasteiger partial charge in [-0.15, -0.1) is 0 Å². The van der Waals surface area contributed by atoms with Crippen LogP contribution in [0.25, 0.3) is 0 Å². The summed E-state index contributed by atoms with van der Waals surface area (Å²) >= 11 is 0. The first-order valence-electron chi connectivity index (χ1n) is 11.5. The standard InChI is InChI=1S/C23H36N6O3/c1-16-15-28(22(30)32-23(3,4)5)11-8-12-29(16)20-13-18(14-24)25-21(26-20)31-17(2)19-9-7-10-27(19)6/h13,16-17,19H,7-12,15H2,1-6H3/t16-,17-,19-/m0/s1. The highest BCUT2D eigenvalue weighted by Crippen LogP contribution is 2.25. The minimum absolute atomic E-state index is 0.00213. The Morgan fingerprint density at radius 1 is 1.25 bits per heavy atom. The van der Waals surface area contributed by atoms with E-state index in [4.69, 9.17) is 9.47 Å². The average Bonchev–Trinajstić information content (AvgIpc) is 3.04. The molecule has 1 aromatic heterocycles. The third kappa shape index (κ3) is 6.00. The van der Waals surface area contributed by atoms with Crippen LogP contribution >= 0.6 is 0 Å². The van der Waals surface area contributed by atoms with Crippen LogP contribution in [0.4, 0.5) is 10.6 Å². The maximum Gasteiger partial charge on any atom is 0.410 e. The first kappa shape index (κ1) is 24.1. The molecule has 0 radical (unpaired) electrons. The normalized spacial score (nSPS) is 23.4. The maximum absolute atomic E-state index is 12.6. The summed E-state index contributed by atoms with van der Waals surface area (Å²) in [7, 11) is 2.10. The molecule has 2 saturated heterocycles. The van der Waals surface area contributed by atoms with E-state index in [-0.39, 0.29) is 29.9 Å². The second-order valence-electron chi connectivity index (χ2n) is 9.84. The van der Waals surface area contributed by atoms with Gasteiger partial charge in [0.2, 0.25) is 0 Å². The predicted octanol–water partition coefficient (Wildman–Crippen LogP) is 3.05. The van der Waals surface area contributed by atoms with Crippen molar-refractivity contribution >= 4 is 11.9 Å². The zero-order chi connectivity index (χ0) is 23.5. The van der Waals surface area contributed by atoms with Crippen molar-refractivity contribution in [2.24, 2.45) is 0 Å². The quantitative estimate of drug-likeness (QED) is 0.699. The summed E-state index contributed by atoms with van der Waals surface area (Å²) < 4.78 is 11.7. The molecule has 2 fully saturated rings. The van der Waals surface area contributed by atoms with E-state index in [0.717, 1.165) is 25.8 Å². The van der Waals surface area contributed by atoms with Crippen LogP contribution in [0.3, 0.4) is 0 Å². The molecule has 3 heterocycles. The molecule has 32 heavy (non-hydrogen) atoms. The molecule has 0 N–H and O–H groups in total. The SMILES string of the molecule is C[C@H](Oc1nc(C#N)cc(N2CCCN(C(=O)OC(C)(C)C)C[C@@H]2C)n1)[C@@H]1CCCN1C. The molecule has 176 valence electrons. The third-order valence-corrected chi connectivity index (χ3v) is 6.01. The summed E-state index contributed by atoms with van der Waals surface area (Å²) in [4.78, 5) is 27.7. The summed E-state index contributed by atoms with van der Waals surface area (Å²) in [5.74, 6) is 0.650. The first-order valence-corrected chi connectivity index (χ1v) is 11.5. The molecule has 0 saturated carbocycles. The number of amides is 1. The molecule has 0 aliphatic carbocycles. The lowest BCUT2D eigenvalue weighted by atomic mass is 10.1. The molecule has 2 aliphatic rings. The van der Waals surface area contributed by atoms with Crippen molar-refractivity contribution in [1.29, 1.82) is 5.26 Å². The second kappa shape index (κ2) is 9.90. The zero-order valence-electron chi connectivity index (χ0n) is 20.2. The molecule has 0 spiro atoms. The number of nitriles is 1.